The highest BCUT2D eigenvalue weighted by molar-refractivity contribution is 6.31. The molecule has 1 aliphatic rings. The summed E-state index contributed by atoms with van der Waals surface area (Å²) in [5.41, 5.74) is 2.22. The number of allylic oxidation sites excluding steroid dienone is 1. The summed E-state index contributed by atoms with van der Waals surface area (Å²) in [5.74, 6) is 0.219. The molecule has 0 aliphatic carbocycles. The van der Waals surface area contributed by atoms with Crippen molar-refractivity contribution in [3.05, 3.63) is 70.4 Å². The van der Waals surface area contributed by atoms with Crippen LogP contribution in [-0.4, -0.2) is 30.0 Å². The van der Waals surface area contributed by atoms with Crippen LogP contribution in [0.5, 0.6) is 5.75 Å². The van der Waals surface area contributed by atoms with Crippen molar-refractivity contribution in [2.45, 2.75) is 32.9 Å². The molecule has 0 saturated carbocycles. The van der Waals surface area contributed by atoms with Crippen LogP contribution in [0.15, 0.2) is 59.8 Å². The van der Waals surface area contributed by atoms with Gasteiger partial charge < -0.3 is 15.4 Å². The number of nitrogens with zero attached hydrogens (tertiary/aromatic N) is 1. The minimum Gasteiger partial charge on any atom is -0.495 e. The Hall–Kier alpha value is -2.99. The van der Waals surface area contributed by atoms with Crippen molar-refractivity contribution in [1.29, 1.82) is 0 Å². The van der Waals surface area contributed by atoms with Crippen molar-refractivity contribution in [1.82, 2.24) is 10.2 Å². The first-order chi connectivity index (χ1) is 13.8. The second-order valence-electron chi connectivity index (χ2n) is 7.02. The fourth-order valence-electron chi connectivity index (χ4n) is 3.55. The topological polar surface area (TPSA) is 70.7 Å². The third-order valence-corrected chi connectivity index (χ3v) is 5.20. The quantitative estimate of drug-likeness (QED) is 0.743. The molecule has 2 aromatic rings. The van der Waals surface area contributed by atoms with E-state index in [1.807, 2.05) is 44.2 Å². The molecule has 0 bridgehead atoms. The Morgan fingerprint density at radius 1 is 1.17 bits per heavy atom. The highest BCUT2D eigenvalue weighted by Crippen LogP contribution is 2.36. The number of hydrogen-bond donors (Lipinski definition) is 2. The highest BCUT2D eigenvalue weighted by Gasteiger charge is 2.37. The Morgan fingerprint density at radius 3 is 2.48 bits per heavy atom. The van der Waals surface area contributed by atoms with Gasteiger partial charge in [0.05, 0.1) is 24.4 Å². The van der Waals surface area contributed by atoms with E-state index in [1.165, 1.54) is 0 Å². The van der Waals surface area contributed by atoms with E-state index in [9.17, 15) is 9.59 Å². The van der Waals surface area contributed by atoms with Gasteiger partial charge in [0.25, 0.3) is 5.91 Å². The Kier molecular flexibility index (Phi) is 6.13. The molecule has 0 radical (unpaired) electrons. The molecule has 7 heteroatoms. The van der Waals surface area contributed by atoms with Gasteiger partial charge in [-0.3, -0.25) is 9.69 Å². The van der Waals surface area contributed by atoms with Crippen LogP contribution < -0.4 is 15.4 Å². The van der Waals surface area contributed by atoms with E-state index in [0.717, 1.165) is 0 Å². The van der Waals surface area contributed by atoms with Crippen molar-refractivity contribution in [3.8, 4) is 5.75 Å². The first kappa shape index (κ1) is 20.7. The van der Waals surface area contributed by atoms with Crippen LogP contribution in [0.2, 0.25) is 5.02 Å². The molecule has 0 fully saturated rings. The lowest BCUT2D eigenvalue weighted by molar-refractivity contribution is -0.113. The molecule has 6 nitrogen and oxygen atoms in total. The third kappa shape index (κ3) is 4.07. The summed E-state index contributed by atoms with van der Waals surface area (Å²) in [6.07, 6.45) is 0. The van der Waals surface area contributed by atoms with Gasteiger partial charge in [0, 0.05) is 16.8 Å². The monoisotopic (exact) mass is 413 g/mol. The van der Waals surface area contributed by atoms with Crippen LogP contribution in [0, 0.1) is 0 Å². The fourth-order valence-corrected chi connectivity index (χ4v) is 3.80. The van der Waals surface area contributed by atoms with Crippen LogP contribution in [0.3, 0.4) is 0 Å². The van der Waals surface area contributed by atoms with Crippen molar-refractivity contribution in [2.75, 3.05) is 12.4 Å². The van der Waals surface area contributed by atoms with E-state index in [-0.39, 0.29) is 18.0 Å². The van der Waals surface area contributed by atoms with Crippen molar-refractivity contribution in [2.24, 2.45) is 0 Å². The lowest BCUT2D eigenvalue weighted by atomic mass is 9.93. The number of amides is 3. The van der Waals surface area contributed by atoms with Gasteiger partial charge in [0.1, 0.15) is 5.75 Å². The van der Waals surface area contributed by atoms with Gasteiger partial charge in [-0.05, 0) is 44.5 Å². The zero-order chi connectivity index (χ0) is 21.1. The third-order valence-electron chi connectivity index (χ3n) is 4.86. The lowest BCUT2D eigenvalue weighted by Crippen LogP contribution is -2.50. The smallest absolute Gasteiger partial charge is 0.322 e. The van der Waals surface area contributed by atoms with E-state index in [2.05, 4.69) is 10.6 Å². The van der Waals surface area contributed by atoms with Gasteiger partial charge in [-0.1, -0.05) is 41.9 Å². The summed E-state index contributed by atoms with van der Waals surface area (Å²) in [6.45, 7) is 5.57. The average Bonchev–Trinajstić information content (AvgIpc) is 2.68. The van der Waals surface area contributed by atoms with Gasteiger partial charge in [0.15, 0.2) is 0 Å². The molecule has 0 spiro atoms. The molecule has 29 heavy (non-hydrogen) atoms. The van der Waals surface area contributed by atoms with E-state index in [4.69, 9.17) is 16.3 Å². The van der Waals surface area contributed by atoms with Crippen molar-refractivity contribution in [3.63, 3.8) is 0 Å². The van der Waals surface area contributed by atoms with Crippen LogP contribution in [0.4, 0.5) is 10.5 Å². The van der Waals surface area contributed by atoms with E-state index in [0.29, 0.717) is 33.3 Å². The fraction of sp³-hybridized carbons (Fsp3) is 0.273. The van der Waals surface area contributed by atoms with Crippen molar-refractivity contribution < 1.29 is 14.3 Å². The number of ether oxygens (including phenoxy) is 1. The molecule has 3 rings (SSSR count). The predicted molar refractivity (Wildman–Crippen MR) is 114 cm³/mol. The largest absolute Gasteiger partial charge is 0.495 e. The van der Waals surface area contributed by atoms with E-state index < -0.39 is 6.04 Å². The first-order valence-electron chi connectivity index (χ1n) is 9.34. The minimum atomic E-state index is -0.666. The summed E-state index contributed by atoms with van der Waals surface area (Å²) < 4.78 is 5.34. The van der Waals surface area contributed by atoms with Gasteiger partial charge in [-0.2, -0.15) is 0 Å². The number of halogens is 1. The number of nitrogens with one attached hydrogen (secondary N) is 2. The van der Waals surface area contributed by atoms with Gasteiger partial charge in [0.2, 0.25) is 0 Å². The number of hydrogen-bond acceptors (Lipinski definition) is 3. The van der Waals surface area contributed by atoms with Crippen LogP contribution in [0.1, 0.15) is 32.4 Å². The maximum Gasteiger partial charge on any atom is 0.322 e. The molecule has 2 aromatic carbocycles. The highest BCUT2D eigenvalue weighted by atomic mass is 35.5. The number of rotatable bonds is 5. The second kappa shape index (κ2) is 8.57. The van der Waals surface area contributed by atoms with E-state index in [1.54, 1.807) is 37.1 Å². The molecular weight excluding hydrogens is 390 g/mol. The molecule has 2 N–H and O–H groups in total. The predicted octanol–water partition coefficient (Wildman–Crippen LogP) is 4.74. The molecule has 0 unspecified atom stereocenters. The van der Waals surface area contributed by atoms with Crippen LogP contribution >= 0.6 is 11.6 Å². The summed E-state index contributed by atoms with van der Waals surface area (Å²) in [4.78, 5) is 27.7. The zero-order valence-electron chi connectivity index (χ0n) is 16.8. The maximum absolute atomic E-state index is 13.4. The summed E-state index contributed by atoms with van der Waals surface area (Å²) in [6, 6.07) is 13.3. The SMILES string of the molecule is COc1ccccc1NC(=O)C1=C(C)N(C(C)C)C(=O)N[C@@H]1c1ccccc1Cl. The molecule has 1 aliphatic heterocycles. The number of benzene rings is 2. The minimum absolute atomic E-state index is 0.115. The standard InChI is InChI=1S/C22H24ClN3O3/c1-13(2)26-14(3)19(21(27)24-17-11-7-8-12-18(17)29-4)20(25-22(26)28)15-9-5-6-10-16(15)23/h5-13,20H,1-4H3,(H,24,27)(H,25,28)/t20-/m1/s1. The van der Waals surface area contributed by atoms with E-state index >= 15 is 0 Å². The first-order valence-corrected chi connectivity index (χ1v) is 9.72. The van der Waals surface area contributed by atoms with Gasteiger partial charge in [-0.15, -0.1) is 0 Å². The summed E-state index contributed by atoms with van der Waals surface area (Å²) in [5, 5.41) is 6.32. The number of carbonyl (C=O) groups excluding carboxylic acids is 2. The Bertz CT molecular complexity index is 971. The summed E-state index contributed by atoms with van der Waals surface area (Å²) in [7, 11) is 1.55. The zero-order valence-corrected chi connectivity index (χ0v) is 17.6. The molecule has 1 heterocycles. The lowest BCUT2D eigenvalue weighted by Gasteiger charge is -2.38. The molecule has 152 valence electrons. The van der Waals surface area contributed by atoms with Gasteiger partial charge >= 0.3 is 6.03 Å². The Balaban J connectivity index is 2.09. The summed E-state index contributed by atoms with van der Waals surface area (Å²) >= 11 is 6.39. The molecule has 1 atom stereocenters. The molecule has 0 aromatic heterocycles. The molecule has 0 saturated heterocycles. The van der Waals surface area contributed by atoms with Gasteiger partial charge in [-0.25, -0.2) is 4.79 Å². The number of methoxy groups -OCH3 is 1. The maximum atomic E-state index is 13.4. The number of urea groups is 1. The molecule has 3 amide bonds. The number of anilines is 1. The Labute approximate surface area is 175 Å². The normalized spacial score (nSPS) is 16.7. The van der Waals surface area contributed by atoms with Crippen LogP contribution in [0.25, 0.3) is 0 Å². The van der Waals surface area contributed by atoms with Crippen LogP contribution in [-0.2, 0) is 4.79 Å². The number of carbonyl (C=O) groups is 2. The molecular formula is C22H24ClN3O3. The van der Waals surface area contributed by atoms with Crippen molar-refractivity contribution >= 4 is 29.2 Å². The average molecular weight is 414 g/mol. The Morgan fingerprint density at radius 2 is 1.83 bits per heavy atom. The number of para-hydroxylation sites is 2. The second-order valence-corrected chi connectivity index (χ2v) is 7.43.